The number of allylic oxidation sites excluding steroid dienone is 1. The van der Waals surface area contributed by atoms with Gasteiger partial charge in [-0.2, -0.15) is 5.26 Å². The van der Waals surface area contributed by atoms with Gasteiger partial charge in [-0.15, -0.1) is 0 Å². The topological polar surface area (TPSA) is 77.8 Å². The third-order valence-corrected chi connectivity index (χ3v) is 4.34. The molecule has 0 aliphatic heterocycles. The Morgan fingerprint density at radius 1 is 0.903 bits per heavy atom. The summed E-state index contributed by atoms with van der Waals surface area (Å²) in [7, 11) is 3.12. The van der Waals surface area contributed by atoms with Crippen LogP contribution >= 0.6 is 0 Å². The molecule has 0 radical (unpaired) electrons. The molecule has 0 atom stereocenters. The third-order valence-electron chi connectivity index (χ3n) is 4.34. The molecule has 0 spiro atoms. The molecule has 3 rings (SSSR count). The lowest BCUT2D eigenvalue weighted by Gasteiger charge is -2.08. The Morgan fingerprint density at radius 3 is 2.35 bits per heavy atom. The van der Waals surface area contributed by atoms with Crippen LogP contribution in [0, 0.1) is 11.3 Å². The molecule has 0 heterocycles. The lowest BCUT2D eigenvalue weighted by Crippen LogP contribution is -2.17. The summed E-state index contributed by atoms with van der Waals surface area (Å²) >= 11 is 0. The average molecular weight is 415 g/mol. The second-order valence-corrected chi connectivity index (χ2v) is 6.38. The fourth-order valence-corrected chi connectivity index (χ4v) is 2.83. The van der Waals surface area contributed by atoms with Crippen molar-refractivity contribution >= 4 is 17.6 Å². The van der Waals surface area contributed by atoms with Gasteiger partial charge in [-0.05, 0) is 48.0 Å². The first-order valence-electron chi connectivity index (χ1n) is 9.45. The molecule has 0 saturated heterocycles. The molecule has 3 aromatic rings. The van der Waals surface area contributed by atoms with Gasteiger partial charge in [0.1, 0.15) is 23.0 Å². The number of carbonyl (C=O) groups excluding carboxylic acids is 1. The van der Waals surface area contributed by atoms with Crippen LogP contribution in [0.1, 0.15) is 11.1 Å². The van der Waals surface area contributed by atoms with Crippen LogP contribution in [0.25, 0.3) is 11.6 Å². The van der Waals surface area contributed by atoms with Crippen LogP contribution in [0.2, 0.25) is 0 Å². The minimum absolute atomic E-state index is 0.235. The molecule has 31 heavy (non-hydrogen) atoms. The van der Waals surface area contributed by atoms with Crippen LogP contribution in [0.15, 0.2) is 72.8 Å². The SMILES string of the molecule is COc1cccc(OCC(=O)Oc2ccc(/C=C(/C#N)c3ccccc3OC)cc2)c1. The monoisotopic (exact) mass is 415 g/mol. The Labute approximate surface area is 180 Å². The highest BCUT2D eigenvalue weighted by Crippen LogP contribution is 2.27. The maximum atomic E-state index is 12.1. The summed E-state index contributed by atoms with van der Waals surface area (Å²) in [4.78, 5) is 12.1. The van der Waals surface area contributed by atoms with Crippen molar-refractivity contribution in [1.29, 1.82) is 5.26 Å². The van der Waals surface area contributed by atoms with Gasteiger partial charge in [0.05, 0.1) is 25.9 Å². The van der Waals surface area contributed by atoms with Crippen molar-refractivity contribution in [3.8, 4) is 29.1 Å². The molecule has 0 aromatic heterocycles. The molecule has 0 N–H and O–H groups in total. The number of nitrogens with zero attached hydrogens (tertiary/aromatic N) is 1. The van der Waals surface area contributed by atoms with E-state index in [-0.39, 0.29) is 6.61 Å². The quantitative estimate of drug-likeness (QED) is 0.229. The normalized spacial score (nSPS) is 10.7. The fourth-order valence-electron chi connectivity index (χ4n) is 2.83. The number of hydrogen-bond acceptors (Lipinski definition) is 6. The zero-order chi connectivity index (χ0) is 22.1. The first-order valence-corrected chi connectivity index (χ1v) is 9.45. The van der Waals surface area contributed by atoms with E-state index in [0.717, 1.165) is 5.56 Å². The fraction of sp³-hybridized carbons (Fsp3) is 0.120. The van der Waals surface area contributed by atoms with E-state index in [9.17, 15) is 10.1 Å². The summed E-state index contributed by atoms with van der Waals surface area (Å²) < 4.78 is 21.2. The molecule has 0 unspecified atom stereocenters. The van der Waals surface area contributed by atoms with Gasteiger partial charge in [-0.3, -0.25) is 0 Å². The van der Waals surface area contributed by atoms with Gasteiger partial charge < -0.3 is 18.9 Å². The van der Waals surface area contributed by atoms with Gasteiger partial charge in [0.2, 0.25) is 0 Å². The van der Waals surface area contributed by atoms with Crippen molar-refractivity contribution < 1.29 is 23.7 Å². The van der Waals surface area contributed by atoms with Crippen molar-refractivity contribution in [3.05, 3.63) is 83.9 Å². The molecule has 3 aromatic carbocycles. The number of nitriles is 1. The Balaban J connectivity index is 1.63. The Morgan fingerprint density at radius 2 is 1.65 bits per heavy atom. The predicted octanol–water partition coefficient (Wildman–Crippen LogP) is 4.75. The van der Waals surface area contributed by atoms with Crippen LogP contribution in [-0.4, -0.2) is 26.8 Å². The third kappa shape index (κ3) is 5.87. The Hall–Kier alpha value is -4.24. The minimum Gasteiger partial charge on any atom is -0.497 e. The summed E-state index contributed by atoms with van der Waals surface area (Å²) in [6.07, 6.45) is 1.75. The van der Waals surface area contributed by atoms with Crippen molar-refractivity contribution in [1.82, 2.24) is 0 Å². The largest absolute Gasteiger partial charge is 0.497 e. The number of carbonyl (C=O) groups is 1. The zero-order valence-electron chi connectivity index (χ0n) is 17.2. The van der Waals surface area contributed by atoms with Gasteiger partial charge in [-0.25, -0.2) is 4.79 Å². The highest BCUT2D eigenvalue weighted by atomic mass is 16.6. The van der Waals surface area contributed by atoms with E-state index in [1.165, 1.54) is 0 Å². The molecular formula is C25H21NO5. The van der Waals surface area contributed by atoms with Crippen molar-refractivity contribution in [3.63, 3.8) is 0 Å². The standard InChI is InChI=1S/C25H21NO5/c1-28-21-6-5-7-22(15-21)30-17-25(27)31-20-12-10-18(11-13-20)14-19(16-26)23-8-3-4-9-24(23)29-2/h3-15H,17H2,1-2H3/b19-14-. The molecule has 6 heteroatoms. The summed E-state index contributed by atoms with van der Waals surface area (Å²) in [5, 5.41) is 9.56. The summed E-state index contributed by atoms with van der Waals surface area (Å²) in [5.74, 6) is 1.62. The van der Waals surface area contributed by atoms with Gasteiger partial charge in [0.25, 0.3) is 0 Å². The van der Waals surface area contributed by atoms with Gasteiger partial charge >= 0.3 is 5.97 Å². The Bertz CT molecular complexity index is 1110. The van der Waals surface area contributed by atoms with E-state index in [1.54, 1.807) is 74.9 Å². The molecule has 0 fully saturated rings. The summed E-state index contributed by atoms with van der Waals surface area (Å²) in [6.45, 7) is -0.235. The molecule has 0 bridgehead atoms. The van der Waals surface area contributed by atoms with E-state index < -0.39 is 5.97 Å². The van der Waals surface area contributed by atoms with Crippen LogP contribution in [0.5, 0.6) is 23.0 Å². The second kappa shape index (κ2) is 10.5. The van der Waals surface area contributed by atoms with Gasteiger partial charge in [0, 0.05) is 11.6 Å². The van der Waals surface area contributed by atoms with Crippen LogP contribution in [-0.2, 0) is 4.79 Å². The number of methoxy groups -OCH3 is 2. The van der Waals surface area contributed by atoms with E-state index in [2.05, 4.69) is 6.07 Å². The maximum Gasteiger partial charge on any atom is 0.349 e. The number of hydrogen-bond donors (Lipinski definition) is 0. The van der Waals surface area contributed by atoms with Crippen molar-refractivity contribution in [2.75, 3.05) is 20.8 Å². The molecule has 0 amide bonds. The number of ether oxygens (including phenoxy) is 4. The van der Waals surface area contributed by atoms with E-state index in [4.69, 9.17) is 18.9 Å². The Kier molecular flexibility index (Phi) is 7.28. The van der Waals surface area contributed by atoms with Gasteiger partial charge in [0.15, 0.2) is 6.61 Å². The zero-order valence-corrected chi connectivity index (χ0v) is 17.2. The predicted molar refractivity (Wildman–Crippen MR) is 117 cm³/mol. The lowest BCUT2D eigenvalue weighted by molar-refractivity contribution is -0.136. The van der Waals surface area contributed by atoms with Crippen LogP contribution in [0.3, 0.4) is 0 Å². The van der Waals surface area contributed by atoms with E-state index >= 15 is 0 Å². The van der Waals surface area contributed by atoms with Crippen LogP contribution < -0.4 is 18.9 Å². The smallest absolute Gasteiger partial charge is 0.349 e. The first kappa shape index (κ1) is 21.5. The second-order valence-electron chi connectivity index (χ2n) is 6.38. The molecular weight excluding hydrogens is 394 g/mol. The molecule has 0 aliphatic rings. The maximum absolute atomic E-state index is 12.1. The van der Waals surface area contributed by atoms with Crippen molar-refractivity contribution in [2.45, 2.75) is 0 Å². The summed E-state index contributed by atoms with van der Waals surface area (Å²) in [5.41, 5.74) is 1.96. The highest BCUT2D eigenvalue weighted by molar-refractivity contribution is 5.91. The van der Waals surface area contributed by atoms with Crippen LogP contribution in [0.4, 0.5) is 0 Å². The van der Waals surface area contributed by atoms with Gasteiger partial charge in [-0.1, -0.05) is 30.3 Å². The van der Waals surface area contributed by atoms with E-state index in [1.807, 2.05) is 18.2 Å². The molecule has 6 nitrogen and oxygen atoms in total. The molecule has 0 aliphatic carbocycles. The molecule has 156 valence electrons. The number of esters is 1. The summed E-state index contributed by atoms with van der Waals surface area (Å²) in [6, 6.07) is 23.3. The van der Waals surface area contributed by atoms with E-state index in [0.29, 0.717) is 34.1 Å². The number of rotatable bonds is 8. The highest BCUT2D eigenvalue weighted by Gasteiger charge is 2.09. The molecule has 0 saturated carbocycles. The first-order chi connectivity index (χ1) is 15.1. The lowest BCUT2D eigenvalue weighted by atomic mass is 10.0. The average Bonchev–Trinajstić information content (AvgIpc) is 2.82. The number of benzene rings is 3. The minimum atomic E-state index is -0.530. The van der Waals surface area contributed by atoms with Crippen molar-refractivity contribution in [2.24, 2.45) is 0 Å². The number of para-hydroxylation sites is 1.